The van der Waals surface area contributed by atoms with Crippen molar-refractivity contribution in [3.05, 3.63) is 84.8 Å². The molecule has 4 aromatic rings. The maximum absolute atomic E-state index is 10.5. The molecular formula is C28H48KN11O11S. The summed E-state index contributed by atoms with van der Waals surface area (Å²) < 4.78 is 38.3. The van der Waals surface area contributed by atoms with Crippen molar-refractivity contribution in [2.24, 2.45) is 33.5 Å². The van der Waals surface area contributed by atoms with E-state index in [9.17, 15) is 20.2 Å². The van der Waals surface area contributed by atoms with Crippen LogP contribution in [-0.2, 0) is 43.6 Å². The Bertz CT molecular complexity index is 1710. The van der Waals surface area contributed by atoms with E-state index in [0.29, 0.717) is 23.2 Å². The molecule has 0 saturated heterocycles. The Morgan fingerprint density at radius 1 is 0.788 bits per heavy atom. The number of nitro groups is 2. The molecule has 0 radical (unpaired) electrons. The third kappa shape index (κ3) is 22.4. The van der Waals surface area contributed by atoms with Gasteiger partial charge in [0.15, 0.2) is 0 Å². The van der Waals surface area contributed by atoms with Gasteiger partial charge >= 0.3 is 73.2 Å². The summed E-state index contributed by atoms with van der Waals surface area (Å²) in [6.07, 6.45) is 6.51. The molecule has 24 heteroatoms. The molecule has 0 aromatic carbocycles. The van der Waals surface area contributed by atoms with E-state index in [1.165, 1.54) is 28.1 Å². The van der Waals surface area contributed by atoms with Crippen LogP contribution in [0.5, 0.6) is 0 Å². The average Bonchev–Trinajstić information content (AvgIpc) is 3.80. The molecule has 0 unspecified atom stereocenters. The van der Waals surface area contributed by atoms with Gasteiger partial charge in [-0.15, -0.1) is 4.91 Å². The molecule has 0 amide bonds. The third-order valence-electron chi connectivity index (χ3n) is 6.10. The topological polar surface area (TPSA) is 294 Å². The first-order chi connectivity index (χ1) is 23.4. The van der Waals surface area contributed by atoms with Gasteiger partial charge in [-0.1, -0.05) is 55.4 Å². The fourth-order valence-electron chi connectivity index (χ4n) is 3.98. The molecule has 0 saturated carbocycles. The molecule has 0 aliphatic rings. The molecule has 0 bridgehead atoms. The van der Waals surface area contributed by atoms with Crippen molar-refractivity contribution in [3.63, 3.8) is 0 Å². The van der Waals surface area contributed by atoms with Crippen LogP contribution in [0.25, 0.3) is 0 Å². The van der Waals surface area contributed by atoms with Gasteiger partial charge in [-0.2, -0.15) is 28.8 Å². The Labute approximate surface area is 344 Å². The van der Waals surface area contributed by atoms with Gasteiger partial charge in [-0.25, -0.2) is 0 Å². The standard InChI is InChI=1S/2C7H11N3O2.2C7H12N2.K.HNO3.H2O4S/c1-5(2)7-6(10(11)12)4-9(3)8-7;1-5(2)7-6(10(11)12)4-8-9(7)3;1-6(2)7-4-5-9(3)8-7;1-6(2)7-4-5-8-9(7)3;;2-1-4-3;1-5(2,3)4/h2*4-5H,1-3H3;2*4-6H,1-3H3;;3H;(H2,1,2,3,4)/q;;;;+1;;/p-1. The van der Waals surface area contributed by atoms with Crippen molar-refractivity contribution in [1.82, 2.24) is 39.1 Å². The SMILES string of the molecule is CC(C)c1c([N+](=O)[O-])cnn1C.CC(C)c1ccn(C)n1.CC(C)c1ccnn1C.CC(C)c1nn(C)cc1[N+](=O)[O-].O=NO[O-].O=S(=O)(O)O.[K+]. The number of hydrogen-bond acceptors (Lipinski definition) is 14. The van der Waals surface area contributed by atoms with E-state index >= 15 is 0 Å². The predicted octanol–water partition coefficient (Wildman–Crippen LogP) is 1.30. The first-order valence-electron chi connectivity index (χ1n) is 15.0. The van der Waals surface area contributed by atoms with E-state index in [0.717, 1.165) is 5.69 Å². The molecule has 4 rings (SSSR count). The van der Waals surface area contributed by atoms with Crippen LogP contribution in [0.4, 0.5) is 11.4 Å². The molecule has 0 spiro atoms. The Hall–Kier alpha value is -3.49. The van der Waals surface area contributed by atoms with Crippen molar-refractivity contribution >= 4 is 21.8 Å². The van der Waals surface area contributed by atoms with Crippen LogP contribution in [0.2, 0.25) is 0 Å². The molecule has 4 aromatic heterocycles. The van der Waals surface area contributed by atoms with E-state index in [4.69, 9.17) is 27.7 Å². The fraction of sp³-hybridized carbons (Fsp3) is 0.571. The van der Waals surface area contributed by atoms with E-state index in [2.05, 4.69) is 53.1 Å². The third-order valence-corrected chi connectivity index (χ3v) is 6.10. The second kappa shape index (κ2) is 26.3. The molecule has 0 aliphatic heterocycles. The zero-order valence-electron chi connectivity index (χ0n) is 31.7. The molecule has 288 valence electrons. The van der Waals surface area contributed by atoms with E-state index in [-0.39, 0.29) is 74.6 Å². The normalized spacial score (nSPS) is 10.1. The second-order valence-electron chi connectivity index (χ2n) is 11.6. The van der Waals surface area contributed by atoms with Crippen molar-refractivity contribution in [3.8, 4) is 0 Å². The average molecular weight is 786 g/mol. The summed E-state index contributed by atoms with van der Waals surface area (Å²) in [5, 5.41) is 46.9. The summed E-state index contributed by atoms with van der Waals surface area (Å²) in [6, 6.07) is 4.09. The van der Waals surface area contributed by atoms with Crippen LogP contribution in [0.3, 0.4) is 0 Å². The van der Waals surface area contributed by atoms with E-state index < -0.39 is 20.2 Å². The molecule has 2 N–H and O–H groups in total. The van der Waals surface area contributed by atoms with Gasteiger partial charge in [0.05, 0.1) is 15.5 Å². The Kier molecular flexibility index (Phi) is 26.7. The molecular weight excluding hydrogens is 738 g/mol. The summed E-state index contributed by atoms with van der Waals surface area (Å²) >= 11 is 0. The summed E-state index contributed by atoms with van der Waals surface area (Å²) in [7, 11) is 2.63. The maximum Gasteiger partial charge on any atom is 1.00 e. The molecule has 0 aliphatic carbocycles. The minimum atomic E-state index is -4.67. The van der Waals surface area contributed by atoms with E-state index in [1.54, 1.807) is 18.8 Å². The van der Waals surface area contributed by atoms with Gasteiger partial charge in [-0.3, -0.25) is 48.1 Å². The number of rotatable bonds is 7. The van der Waals surface area contributed by atoms with Crippen molar-refractivity contribution in [1.29, 1.82) is 0 Å². The van der Waals surface area contributed by atoms with Crippen LogP contribution >= 0.6 is 0 Å². The summed E-state index contributed by atoms with van der Waals surface area (Å²) in [5.41, 5.74) is 3.87. The van der Waals surface area contributed by atoms with Crippen LogP contribution in [-0.4, -0.2) is 66.5 Å². The van der Waals surface area contributed by atoms with Gasteiger partial charge in [0.25, 0.3) is 0 Å². The number of hydrogen-bond donors (Lipinski definition) is 2. The monoisotopic (exact) mass is 785 g/mol. The number of aryl methyl sites for hydroxylation is 4. The zero-order valence-corrected chi connectivity index (χ0v) is 35.6. The molecule has 4 heterocycles. The zero-order chi connectivity index (χ0) is 40.2. The van der Waals surface area contributed by atoms with Gasteiger partial charge < -0.3 is 10.2 Å². The smallest absolute Gasteiger partial charge is 0.635 e. The summed E-state index contributed by atoms with van der Waals surface area (Å²) in [6.45, 7) is 16.2. The Morgan fingerprint density at radius 3 is 1.52 bits per heavy atom. The Balaban J connectivity index is -0.000000571. The first-order valence-corrected chi connectivity index (χ1v) is 16.4. The Morgan fingerprint density at radius 2 is 1.29 bits per heavy atom. The van der Waals surface area contributed by atoms with Crippen molar-refractivity contribution < 1.29 is 89.0 Å². The first kappa shape index (κ1) is 52.9. The van der Waals surface area contributed by atoms with Gasteiger partial charge in [0.2, 0.25) is 0 Å². The number of aromatic nitrogens is 8. The summed E-state index contributed by atoms with van der Waals surface area (Å²) in [4.78, 5) is 30.9. The van der Waals surface area contributed by atoms with Crippen LogP contribution < -0.4 is 56.6 Å². The largest absolute Gasteiger partial charge is 1.00 e. The molecule has 22 nitrogen and oxygen atoms in total. The van der Waals surface area contributed by atoms with Crippen LogP contribution in [0, 0.1) is 25.1 Å². The van der Waals surface area contributed by atoms with Gasteiger partial charge in [-0.05, 0) is 24.0 Å². The second-order valence-corrected chi connectivity index (χ2v) is 12.5. The maximum atomic E-state index is 10.5. The van der Waals surface area contributed by atoms with Crippen molar-refractivity contribution in [2.45, 2.75) is 79.1 Å². The minimum absolute atomic E-state index is 0. The fourth-order valence-corrected chi connectivity index (χ4v) is 3.98. The van der Waals surface area contributed by atoms with Gasteiger partial charge in [0.1, 0.15) is 29.1 Å². The number of nitrogens with zero attached hydrogens (tertiary/aromatic N) is 11. The predicted molar refractivity (Wildman–Crippen MR) is 184 cm³/mol. The minimum Gasteiger partial charge on any atom is -0.635 e. The van der Waals surface area contributed by atoms with Crippen LogP contribution in [0.15, 0.2) is 42.3 Å². The quantitative estimate of drug-likeness (QED) is 0.0666. The van der Waals surface area contributed by atoms with Gasteiger partial charge in [0, 0.05) is 58.1 Å². The molecule has 0 atom stereocenters. The van der Waals surface area contributed by atoms with Crippen molar-refractivity contribution in [2.75, 3.05) is 0 Å². The summed E-state index contributed by atoms with van der Waals surface area (Å²) in [5.74, 6) is 1.34. The van der Waals surface area contributed by atoms with Crippen LogP contribution in [0.1, 0.15) is 102 Å². The molecule has 0 fully saturated rings. The van der Waals surface area contributed by atoms with E-state index in [1.807, 2.05) is 75.7 Å². The molecule has 52 heavy (non-hydrogen) atoms.